The molecule has 0 spiro atoms. The summed E-state index contributed by atoms with van der Waals surface area (Å²) in [5.41, 5.74) is 0.836. The van der Waals surface area contributed by atoms with E-state index < -0.39 is 17.6 Å². The van der Waals surface area contributed by atoms with E-state index in [1.54, 1.807) is 23.7 Å². The predicted molar refractivity (Wildman–Crippen MR) is 117 cm³/mol. The maximum atomic E-state index is 13.8. The number of nitrogens with one attached hydrogen (secondary N) is 1. The van der Waals surface area contributed by atoms with Crippen molar-refractivity contribution in [1.29, 1.82) is 0 Å². The minimum absolute atomic E-state index is 0.0441. The third-order valence-electron chi connectivity index (χ3n) is 5.55. The molecule has 1 aromatic heterocycles. The van der Waals surface area contributed by atoms with E-state index in [2.05, 4.69) is 15.3 Å². The van der Waals surface area contributed by atoms with Crippen LogP contribution in [0.4, 0.5) is 24.5 Å². The van der Waals surface area contributed by atoms with E-state index in [0.717, 1.165) is 24.8 Å². The quantitative estimate of drug-likeness (QED) is 0.657. The molecule has 9 heteroatoms. The second-order valence-electron chi connectivity index (χ2n) is 7.89. The van der Waals surface area contributed by atoms with Crippen LogP contribution >= 0.6 is 0 Å². The largest absolute Gasteiger partial charge is 0.418 e. The van der Waals surface area contributed by atoms with Gasteiger partial charge in [0.2, 0.25) is 0 Å². The van der Waals surface area contributed by atoms with Gasteiger partial charge in [0, 0.05) is 37.6 Å². The number of hydrogen-bond donors (Lipinski definition) is 1. The van der Waals surface area contributed by atoms with Gasteiger partial charge in [0.15, 0.2) is 5.69 Å². The Kier molecular flexibility index (Phi) is 5.92. The highest BCUT2D eigenvalue weighted by Gasteiger charge is 2.35. The molecule has 3 aromatic rings. The van der Waals surface area contributed by atoms with Crippen molar-refractivity contribution in [2.24, 2.45) is 0 Å². The molecule has 32 heavy (non-hydrogen) atoms. The summed E-state index contributed by atoms with van der Waals surface area (Å²) in [5.74, 6) is -0.694. The van der Waals surface area contributed by atoms with E-state index in [1.165, 1.54) is 6.07 Å². The van der Waals surface area contributed by atoms with Crippen LogP contribution < -0.4 is 10.2 Å². The van der Waals surface area contributed by atoms with Crippen LogP contribution in [0.1, 0.15) is 21.7 Å². The molecule has 1 N–H and O–H groups in total. The lowest BCUT2D eigenvalue weighted by molar-refractivity contribution is -0.136. The van der Waals surface area contributed by atoms with Gasteiger partial charge in [0.1, 0.15) is 0 Å². The summed E-state index contributed by atoms with van der Waals surface area (Å²) in [7, 11) is 1.98. The van der Waals surface area contributed by atoms with Gasteiger partial charge in [-0.2, -0.15) is 18.3 Å². The van der Waals surface area contributed by atoms with Crippen LogP contribution in [-0.4, -0.2) is 53.8 Å². The zero-order valence-electron chi connectivity index (χ0n) is 17.9. The molecule has 1 amide bonds. The van der Waals surface area contributed by atoms with Crippen molar-refractivity contribution in [3.63, 3.8) is 0 Å². The number of halogens is 3. The molecule has 1 fully saturated rings. The number of likely N-dealkylation sites (N-methyl/N-ethyl adjacent to an activating group) is 1. The molecule has 0 radical (unpaired) electrons. The van der Waals surface area contributed by atoms with Gasteiger partial charge in [-0.15, -0.1) is 0 Å². The summed E-state index contributed by atoms with van der Waals surface area (Å²) in [6, 6.07) is 14.8. The van der Waals surface area contributed by atoms with E-state index >= 15 is 0 Å². The van der Waals surface area contributed by atoms with Crippen LogP contribution in [0.5, 0.6) is 0 Å². The molecular formula is C23H24F3N5O. The van der Waals surface area contributed by atoms with Gasteiger partial charge >= 0.3 is 6.18 Å². The van der Waals surface area contributed by atoms with Gasteiger partial charge in [0.25, 0.3) is 5.91 Å². The van der Waals surface area contributed by atoms with E-state index in [9.17, 15) is 18.0 Å². The maximum absolute atomic E-state index is 13.8. The van der Waals surface area contributed by atoms with Crippen LogP contribution in [0.25, 0.3) is 5.69 Å². The van der Waals surface area contributed by atoms with Gasteiger partial charge in [-0.25, -0.2) is 4.68 Å². The monoisotopic (exact) mass is 443 g/mol. The first-order valence-electron chi connectivity index (χ1n) is 10.3. The summed E-state index contributed by atoms with van der Waals surface area (Å²) in [6.45, 7) is 4.64. The fraction of sp³-hybridized carbons (Fsp3) is 0.304. The predicted octanol–water partition coefficient (Wildman–Crippen LogP) is 4.20. The Labute approximate surface area is 184 Å². The number of amides is 1. The first kappa shape index (κ1) is 21.9. The number of carbonyl (C=O) groups excluding carboxylic acids is 1. The number of rotatable bonds is 4. The van der Waals surface area contributed by atoms with Crippen molar-refractivity contribution in [1.82, 2.24) is 14.7 Å². The third-order valence-corrected chi connectivity index (χ3v) is 5.55. The molecule has 2 aromatic carbocycles. The molecule has 0 saturated carbocycles. The standard InChI is InChI=1S/C23H24F3N5O/c1-16-14-21(28-31(16)17-6-4-3-5-7-17)22(32)27-20-9-8-18(15-19(20)23(24,25)26)30-12-10-29(2)11-13-30/h3-9,14-15H,10-13H2,1-2H3,(H,27,32). The van der Waals surface area contributed by atoms with Crippen molar-refractivity contribution >= 4 is 17.3 Å². The lowest BCUT2D eigenvalue weighted by atomic mass is 10.1. The number of anilines is 2. The van der Waals surface area contributed by atoms with E-state index in [4.69, 9.17) is 0 Å². The van der Waals surface area contributed by atoms with Crippen molar-refractivity contribution in [3.05, 3.63) is 71.5 Å². The summed E-state index contributed by atoms with van der Waals surface area (Å²) < 4.78 is 43.0. The fourth-order valence-electron chi connectivity index (χ4n) is 3.74. The SMILES string of the molecule is Cc1cc(C(=O)Nc2ccc(N3CCN(C)CC3)cc2C(F)(F)F)nn1-c1ccccc1. The molecule has 1 aliphatic heterocycles. The van der Waals surface area contributed by atoms with Crippen LogP contribution in [-0.2, 0) is 6.18 Å². The maximum Gasteiger partial charge on any atom is 0.418 e. The number of aryl methyl sites for hydroxylation is 1. The molecule has 6 nitrogen and oxygen atoms in total. The Bertz CT molecular complexity index is 1100. The van der Waals surface area contributed by atoms with Crippen molar-refractivity contribution in [3.8, 4) is 5.69 Å². The van der Waals surface area contributed by atoms with Crippen molar-refractivity contribution in [2.45, 2.75) is 13.1 Å². The first-order valence-corrected chi connectivity index (χ1v) is 10.3. The van der Waals surface area contributed by atoms with E-state index in [0.29, 0.717) is 24.5 Å². The highest BCUT2D eigenvalue weighted by Crippen LogP contribution is 2.37. The van der Waals surface area contributed by atoms with E-state index in [1.807, 2.05) is 42.3 Å². The van der Waals surface area contributed by atoms with Gasteiger partial charge in [-0.3, -0.25) is 4.79 Å². The van der Waals surface area contributed by atoms with Crippen LogP contribution in [0.15, 0.2) is 54.6 Å². The molecule has 0 unspecified atom stereocenters. The van der Waals surface area contributed by atoms with E-state index in [-0.39, 0.29) is 11.4 Å². The average Bonchev–Trinajstić information content (AvgIpc) is 3.16. The van der Waals surface area contributed by atoms with Crippen LogP contribution in [0, 0.1) is 6.92 Å². The van der Waals surface area contributed by atoms with Gasteiger partial charge in [0.05, 0.1) is 16.9 Å². The molecule has 1 aliphatic rings. The number of benzene rings is 2. The van der Waals surface area contributed by atoms with Crippen molar-refractivity contribution in [2.75, 3.05) is 43.4 Å². The highest BCUT2D eigenvalue weighted by molar-refractivity contribution is 6.03. The average molecular weight is 443 g/mol. The molecule has 0 aliphatic carbocycles. The number of carbonyl (C=O) groups is 1. The minimum atomic E-state index is -4.61. The minimum Gasteiger partial charge on any atom is -0.369 e. The molecule has 2 heterocycles. The molecule has 4 rings (SSSR count). The summed E-state index contributed by atoms with van der Waals surface area (Å²) in [5, 5.41) is 6.68. The van der Waals surface area contributed by atoms with Gasteiger partial charge in [-0.05, 0) is 50.4 Å². The normalized spacial score (nSPS) is 15.1. The lowest BCUT2D eigenvalue weighted by Crippen LogP contribution is -2.44. The molecule has 168 valence electrons. The Balaban J connectivity index is 1.59. The Hall–Kier alpha value is -3.33. The number of hydrogen-bond acceptors (Lipinski definition) is 4. The second kappa shape index (κ2) is 8.66. The second-order valence-corrected chi connectivity index (χ2v) is 7.89. The summed E-state index contributed by atoms with van der Waals surface area (Å²) >= 11 is 0. The Morgan fingerprint density at radius 2 is 1.66 bits per heavy atom. The third kappa shape index (κ3) is 4.62. The fourth-order valence-corrected chi connectivity index (χ4v) is 3.74. The molecule has 1 saturated heterocycles. The molecular weight excluding hydrogens is 419 g/mol. The zero-order valence-corrected chi connectivity index (χ0v) is 17.9. The Morgan fingerprint density at radius 1 is 0.969 bits per heavy atom. The number of aromatic nitrogens is 2. The number of piperazine rings is 1. The topological polar surface area (TPSA) is 53.4 Å². The number of para-hydroxylation sites is 1. The van der Waals surface area contributed by atoms with Crippen molar-refractivity contribution < 1.29 is 18.0 Å². The molecule has 0 atom stereocenters. The number of nitrogens with zero attached hydrogens (tertiary/aromatic N) is 4. The molecule has 0 bridgehead atoms. The van der Waals surface area contributed by atoms with Gasteiger partial charge in [-0.1, -0.05) is 18.2 Å². The van der Waals surface area contributed by atoms with Crippen LogP contribution in [0.2, 0.25) is 0 Å². The Morgan fingerprint density at radius 3 is 2.31 bits per heavy atom. The lowest BCUT2D eigenvalue weighted by Gasteiger charge is -2.34. The van der Waals surface area contributed by atoms with Crippen LogP contribution in [0.3, 0.4) is 0 Å². The number of alkyl halides is 3. The first-order chi connectivity index (χ1) is 15.2. The smallest absolute Gasteiger partial charge is 0.369 e. The summed E-state index contributed by atoms with van der Waals surface area (Å²) in [4.78, 5) is 16.8. The summed E-state index contributed by atoms with van der Waals surface area (Å²) in [6.07, 6.45) is -4.61. The zero-order chi connectivity index (χ0) is 22.9. The van der Waals surface area contributed by atoms with Gasteiger partial charge < -0.3 is 15.1 Å². The highest BCUT2D eigenvalue weighted by atomic mass is 19.4.